The molecule has 0 heterocycles. The van der Waals surface area contributed by atoms with Gasteiger partial charge in [0.25, 0.3) is 11.8 Å². The summed E-state index contributed by atoms with van der Waals surface area (Å²) in [5.74, 6) is -0.444. The number of carbonyl (C=O) groups excluding carboxylic acids is 2. The first-order chi connectivity index (χ1) is 11.2. The van der Waals surface area contributed by atoms with Crippen molar-refractivity contribution in [2.24, 2.45) is 0 Å². The van der Waals surface area contributed by atoms with Crippen LogP contribution in [0.2, 0.25) is 0 Å². The summed E-state index contributed by atoms with van der Waals surface area (Å²) in [4.78, 5) is 24.9. The molecule has 0 aliphatic rings. The molecule has 0 unspecified atom stereocenters. The first kappa shape index (κ1) is 18.4. The van der Waals surface area contributed by atoms with Crippen molar-refractivity contribution >= 4 is 40.1 Å². The molecular weight excluding hydrogens is 415 g/mol. The average molecular weight is 436 g/mol. The van der Waals surface area contributed by atoms with Crippen LogP contribution in [0.3, 0.4) is 0 Å². The normalized spacial score (nSPS) is 11.0. The Hall–Kier alpha value is -1.89. The minimum Gasteiger partial charge on any atom is -0.347 e. The Morgan fingerprint density at radius 2 is 1.67 bits per heavy atom. The molecule has 2 N–H and O–H groups in total. The van der Waals surface area contributed by atoms with E-state index < -0.39 is 0 Å². The molecule has 0 bridgehead atoms. The third-order valence-corrected chi connectivity index (χ3v) is 4.50. The van der Waals surface area contributed by atoms with Crippen LogP contribution in [0.5, 0.6) is 0 Å². The quantitative estimate of drug-likeness (QED) is 0.702. The highest BCUT2D eigenvalue weighted by molar-refractivity contribution is 14.1. The monoisotopic (exact) mass is 436 g/mol. The second-order valence-electron chi connectivity index (χ2n) is 6.67. The largest absolute Gasteiger partial charge is 0.347 e. The fourth-order valence-corrected chi connectivity index (χ4v) is 2.64. The lowest BCUT2D eigenvalue weighted by molar-refractivity contribution is 0.0920. The Labute approximate surface area is 156 Å². The van der Waals surface area contributed by atoms with E-state index in [4.69, 9.17) is 0 Å². The van der Waals surface area contributed by atoms with Gasteiger partial charge in [-0.25, -0.2) is 0 Å². The van der Waals surface area contributed by atoms with Gasteiger partial charge in [0.05, 0.1) is 11.3 Å². The van der Waals surface area contributed by atoms with Gasteiger partial charge in [-0.3, -0.25) is 9.59 Å². The molecule has 2 aromatic carbocycles. The van der Waals surface area contributed by atoms with Crippen LogP contribution in [-0.2, 0) is 0 Å². The molecule has 0 aromatic heterocycles. The molecule has 5 heteroatoms. The van der Waals surface area contributed by atoms with Crippen molar-refractivity contribution in [1.82, 2.24) is 5.32 Å². The number of nitrogens with one attached hydrogen (secondary N) is 2. The van der Waals surface area contributed by atoms with Gasteiger partial charge in [-0.1, -0.05) is 18.2 Å². The van der Waals surface area contributed by atoms with Crippen LogP contribution in [0.4, 0.5) is 5.69 Å². The molecule has 0 saturated carbocycles. The first-order valence-electron chi connectivity index (χ1n) is 7.66. The number of benzene rings is 2. The van der Waals surface area contributed by atoms with E-state index in [1.54, 1.807) is 30.3 Å². The molecule has 0 aliphatic heterocycles. The van der Waals surface area contributed by atoms with Crippen molar-refractivity contribution in [2.45, 2.75) is 33.2 Å². The minimum absolute atomic E-state index is 0.211. The van der Waals surface area contributed by atoms with Gasteiger partial charge in [-0.15, -0.1) is 0 Å². The van der Waals surface area contributed by atoms with E-state index in [2.05, 4.69) is 33.2 Å². The zero-order valence-corrected chi connectivity index (χ0v) is 16.4. The van der Waals surface area contributed by atoms with Gasteiger partial charge >= 0.3 is 0 Å². The number of anilines is 1. The van der Waals surface area contributed by atoms with Gasteiger partial charge in [-0.05, 0) is 80.1 Å². The summed E-state index contributed by atoms with van der Waals surface area (Å²) in [5, 5.41) is 5.75. The molecule has 0 radical (unpaired) electrons. The molecular formula is C19H21IN2O2. The third-order valence-electron chi connectivity index (χ3n) is 3.34. The number of hydrogen-bond acceptors (Lipinski definition) is 2. The van der Waals surface area contributed by atoms with Gasteiger partial charge in [0.2, 0.25) is 0 Å². The van der Waals surface area contributed by atoms with Crippen molar-refractivity contribution in [2.75, 3.05) is 5.32 Å². The highest BCUT2D eigenvalue weighted by Gasteiger charge is 2.19. The molecule has 0 aliphatic carbocycles. The fourth-order valence-electron chi connectivity index (χ4n) is 2.13. The number of carbonyl (C=O) groups is 2. The predicted molar refractivity (Wildman–Crippen MR) is 106 cm³/mol. The molecule has 0 spiro atoms. The number of para-hydroxylation sites is 1. The van der Waals surface area contributed by atoms with E-state index in [0.29, 0.717) is 16.8 Å². The lowest BCUT2D eigenvalue weighted by atomic mass is 10.1. The maximum absolute atomic E-state index is 12.5. The number of hydrogen-bond donors (Lipinski definition) is 2. The van der Waals surface area contributed by atoms with Crippen molar-refractivity contribution in [1.29, 1.82) is 0 Å². The average Bonchev–Trinajstić information content (AvgIpc) is 2.48. The van der Waals surface area contributed by atoms with Gasteiger partial charge in [0, 0.05) is 14.7 Å². The fraction of sp³-hybridized carbons (Fsp3) is 0.263. The number of amides is 2. The van der Waals surface area contributed by atoms with E-state index in [1.165, 1.54) is 0 Å². The van der Waals surface area contributed by atoms with E-state index in [0.717, 1.165) is 9.13 Å². The summed E-state index contributed by atoms with van der Waals surface area (Å²) < 4.78 is 1.03. The van der Waals surface area contributed by atoms with Crippen LogP contribution < -0.4 is 10.6 Å². The van der Waals surface area contributed by atoms with Crippen molar-refractivity contribution < 1.29 is 9.59 Å². The summed E-state index contributed by atoms with van der Waals surface area (Å²) in [6.07, 6.45) is 0. The number of aryl methyl sites for hydroxylation is 1. The molecule has 0 saturated heterocycles. The van der Waals surface area contributed by atoms with Crippen molar-refractivity contribution in [3.8, 4) is 0 Å². The van der Waals surface area contributed by atoms with Gasteiger partial charge in [0.1, 0.15) is 0 Å². The zero-order chi connectivity index (χ0) is 17.9. The smallest absolute Gasteiger partial charge is 0.255 e. The molecule has 0 fully saturated rings. The summed E-state index contributed by atoms with van der Waals surface area (Å²) in [7, 11) is 0. The Bertz CT molecular complexity index is 779. The van der Waals surface area contributed by atoms with Gasteiger partial charge < -0.3 is 10.6 Å². The molecule has 0 atom stereocenters. The molecule has 126 valence electrons. The molecule has 4 nitrogen and oxygen atoms in total. The summed E-state index contributed by atoms with van der Waals surface area (Å²) in [6, 6.07) is 12.5. The molecule has 2 amide bonds. The lowest BCUT2D eigenvalue weighted by Gasteiger charge is -2.21. The third kappa shape index (κ3) is 4.80. The Kier molecular flexibility index (Phi) is 5.64. The van der Waals surface area contributed by atoms with Crippen LogP contribution in [0, 0.1) is 10.5 Å². The van der Waals surface area contributed by atoms with Crippen molar-refractivity contribution in [3.63, 3.8) is 0 Å². The van der Waals surface area contributed by atoms with E-state index in [1.807, 2.05) is 39.8 Å². The van der Waals surface area contributed by atoms with Gasteiger partial charge in [-0.2, -0.15) is 0 Å². The Morgan fingerprint density at radius 3 is 2.29 bits per heavy atom. The topological polar surface area (TPSA) is 58.2 Å². The van der Waals surface area contributed by atoms with Crippen molar-refractivity contribution in [3.05, 3.63) is 62.7 Å². The molecule has 2 rings (SSSR count). The zero-order valence-electron chi connectivity index (χ0n) is 14.2. The van der Waals surface area contributed by atoms with Crippen LogP contribution in [0.1, 0.15) is 47.1 Å². The van der Waals surface area contributed by atoms with E-state index in [9.17, 15) is 9.59 Å². The second kappa shape index (κ2) is 7.34. The maximum atomic E-state index is 12.5. The van der Waals surface area contributed by atoms with Crippen LogP contribution >= 0.6 is 22.6 Å². The summed E-state index contributed by atoms with van der Waals surface area (Å²) in [5.41, 5.74) is 2.29. The number of rotatable bonds is 3. The van der Waals surface area contributed by atoms with Crippen LogP contribution in [0.15, 0.2) is 42.5 Å². The Morgan fingerprint density at radius 1 is 1.00 bits per heavy atom. The highest BCUT2D eigenvalue weighted by Crippen LogP contribution is 2.19. The summed E-state index contributed by atoms with van der Waals surface area (Å²) >= 11 is 2.20. The highest BCUT2D eigenvalue weighted by atomic mass is 127. The maximum Gasteiger partial charge on any atom is 0.255 e. The lowest BCUT2D eigenvalue weighted by Crippen LogP contribution is -2.40. The van der Waals surface area contributed by atoms with E-state index in [-0.39, 0.29) is 17.4 Å². The number of halogens is 1. The van der Waals surface area contributed by atoms with Gasteiger partial charge in [0.15, 0.2) is 0 Å². The molecule has 24 heavy (non-hydrogen) atoms. The molecule has 2 aromatic rings. The predicted octanol–water partition coefficient (Wildman–Crippen LogP) is 4.38. The first-order valence-corrected chi connectivity index (χ1v) is 8.74. The SMILES string of the molecule is Cc1ccc(C(=O)Nc2ccccc2C(=O)NC(C)(C)C)cc1I. The standard InChI is InChI=1S/C19H21IN2O2/c1-12-9-10-13(11-15(12)20)17(23)21-16-8-6-5-7-14(16)18(24)22-19(2,3)4/h5-11H,1-4H3,(H,21,23)(H,22,24). The van der Waals surface area contributed by atoms with Crippen LogP contribution in [0.25, 0.3) is 0 Å². The second-order valence-corrected chi connectivity index (χ2v) is 7.83. The van der Waals surface area contributed by atoms with Crippen LogP contribution in [-0.4, -0.2) is 17.4 Å². The van der Waals surface area contributed by atoms with E-state index >= 15 is 0 Å². The Balaban J connectivity index is 2.25. The minimum atomic E-state index is -0.346. The summed E-state index contributed by atoms with van der Waals surface area (Å²) in [6.45, 7) is 7.75.